The number of hydrogen-bond donors (Lipinski definition) is 4. The number of nitrogens with zero attached hydrogens (tertiary/aromatic N) is 2. The van der Waals surface area contributed by atoms with Gasteiger partial charge in [-0.1, -0.05) is 0 Å². The molecule has 0 amide bonds. The molecule has 2 heterocycles. The highest BCUT2D eigenvalue weighted by Gasteiger charge is 2.33. The summed E-state index contributed by atoms with van der Waals surface area (Å²) in [4.78, 5) is 20.5. The van der Waals surface area contributed by atoms with Gasteiger partial charge in [-0.05, 0) is 24.6 Å². The Kier molecular flexibility index (Phi) is 5.07. The predicted molar refractivity (Wildman–Crippen MR) is 104 cm³/mol. The number of ether oxygens (including phenoxy) is 1. The van der Waals surface area contributed by atoms with E-state index in [1.165, 1.54) is 24.5 Å². The summed E-state index contributed by atoms with van der Waals surface area (Å²) >= 11 is 1.05. The minimum Gasteiger partial charge on any atom is -0.488 e. The SMILES string of the molecule is Cc1c(C(=O)O)sc2ncnc(Nc3ccc(F)cc3O[C@H]3C[C@@H](O)[C@@H](O)C3)c12. The molecule has 152 valence electrons. The number of anilines is 2. The topological polar surface area (TPSA) is 125 Å². The van der Waals surface area contributed by atoms with Crippen molar-refractivity contribution in [1.82, 2.24) is 9.97 Å². The first-order chi connectivity index (χ1) is 13.8. The lowest BCUT2D eigenvalue weighted by atomic mass is 10.2. The van der Waals surface area contributed by atoms with Gasteiger partial charge in [0.25, 0.3) is 0 Å². The Balaban J connectivity index is 1.69. The Morgan fingerprint density at radius 1 is 1.28 bits per heavy atom. The lowest BCUT2D eigenvalue weighted by Gasteiger charge is -2.17. The van der Waals surface area contributed by atoms with Gasteiger partial charge in [-0.3, -0.25) is 0 Å². The molecule has 0 bridgehead atoms. The third-order valence-corrected chi connectivity index (χ3v) is 6.05. The van der Waals surface area contributed by atoms with Crippen molar-refractivity contribution in [1.29, 1.82) is 0 Å². The number of hydrogen-bond acceptors (Lipinski definition) is 8. The van der Waals surface area contributed by atoms with E-state index >= 15 is 0 Å². The van der Waals surface area contributed by atoms with Crippen LogP contribution < -0.4 is 10.1 Å². The molecule has 3 atom stereocenters. The fraction of sp³-hybridized carbons (Fsp3) is 0.316. The third-order valence-electron chi connectivity index (χ3n) is 4.86. The summed E-state index contributed by atoms with van der Waals surface area (Å²) in [7, 11) is 0. The van der Waals surface area contributed by atoms with E-state index in [2.05, 4.69) is 15.3 Å². The van der Waals surface area contributed by atoms with Crippen LogP contribution in [0.4, 0.5) is 15.9 Å². The molecule has 1 aromatic carbocycles. The maximum absolute atomic E-state index is 13.8. The van der Waals surface area contributed by atoms with Crippen LogP contribution in [-0.4, -0.2) is 49.6 Å². The van der Waals surface area contributed by atoms with Crippen LogP contribution in [0, 0.1) is 12.7 Å². The van der Waals surface area contributed by atoms with E-state index in [9.17, 15) is 24.5 Å². The second-order valence-electron chi connectivity index (χ2n) is 6.88. The normalized spacial score (nSPS) is 21.4. The molecule has 4 rings (SSSR count). The number of aliphatic hydroxyl groups is 2. The number of benzene rings is 1. The number of nitrogens with one attached hydrogen (secondary N) is 1. The minimum absolute atomic E-state index is 0.174. The summed E-state index contributed by atoms with van der Waals surface area (Å²) < 4.78 is 19.7. The molecular formula is C19H18FN3O5S. The van der Waals surface area contributed by atoms with Gasteiger partial charge in [-0.15, -0.1) is 11.3 Å². The fourth-order valence-corrected chi connectivity index (χ4v) is 4.41. The summed E-state index contributed by atoms with van der Waals surface area (Å²) in [6, 6.07) is 3.95. The molecule has 2 aromatic heterocycles. The van der Waals surface area contributed by atoms with E-state index in [1.54, 1.807) is 6.92 Å². The van der Waals surface area contributed by atoms with Crippen molar-refractivity contribution in [3.05, 3.63) is 40.8 Å². The molecule has 1 saturated carbocycles. The Morgan fingerprint density at radius 3 is 2.69 bits per heavy atom. The molecule has 0 spiro atoms. The van der Waals surface area contributed by atoms with Crippen molar-refractivity contribution in [2.45, 2.75) is 38.1 Å². The maximum atomic E-state index is 13.8. The second kappa shape index (κ2) is 7.54. The molecular weight excluding hydrogens is 401 g/mol. The van der Waals surface area contributed by atoms with Gasteiger partial charge in [0.05, 0.1) is 23.3 Å². The van der Waals surface area contributed by atoms with Gasteiger partial charge in [0.1, 0.15) is 39.5 Å². The third kappa shape index (κ3) is 3.74. The highest BCUT2D eigenvalue weighted by molar-refractivity contribution is 7.20. The molecule has 3 aromatic rings. The number of halogens is 1. The first-order valence-corrected chi connectivity index (χ1v) is 9.72. The molecule has 1 aliphatic rings. The Bertz CT molecular complexity index is 1080. The number of carboxylic acids is 1. The van der Waals surface area contributed by atoms with E-state index in [-0.39, 0.29) is 23.5 Å². The van der Waals surface area contributed by atoms with Gasteiger partial charge < -0.3 is 25.4 Å². The number of aliphatic hydroxyl groups excluding tert-OH is 2. The number of aromatic nitrogens is 2. The standard InChI is InChI=1S/C19H18FN3O5S/c1-8-15-17(21-7-22-18(15)29-16(8)19(26)27)23-11-3-2-9(20)4-14(11)28-10-5-12(24)13(25)6-10/h2-4,7,10,12-13,24-25H,5-6H2,1H3,(H,26,27)(H,21,22,23)/t10-,12+,13-. The lowest BCUT2D eigenvalue weighted by Crippen LogP contribution is -2.17. The summed E-state index contributed by atoms with van der Waals surface area (Å²) in [6.07, 6.45) is -0.431. The number of rotatable bonds is 5. The lowest BCUT2D eigenvalue weighted by molar-refractivity contribution is 0.0438. The van der Waals surface area contributed by atoms with Crippen LogP contribution in [0.2, 0.25) is 0 Å². The van der Waals surface area contributed by atoms with Crippen molar-refractivity contribution < 1.29 is 29.2 Å². The zero-order valence-electron chi connectivity index (χ0n) is 15.3. The Labute approximate surface area is 168 Å². The largest absolute Gasteiger partial charge is 0.488 e. The molecule has 4 N–H and O–H groups in total. The first-order valence-electron chi connectivity index (χ1n) is 8.90. The zero-order valence-corrected chi connectivity index (χ0v) is 16.1. The molecule has 1 aliphatic carbocycles. The average molecular weight is 419 g/mol. The zero-order chi connectivity index (χ0) is 20.7. The summed E-state index contributed by atoms with van der Waals surface area (Å²) in [6.45, 7) is 1.68. The van der Waals surface area contributed by atoms with E-state index in [0.717, 1.165) is 11.3 Å². The van der Waals surface area contributed by atoms with Crippen LogP contribution in [0.25, 0.3) is 10.2 Å². The van der Waals surface area contributed by atoms with Gasteiger partial charge in [0.2, 0.25) is 0 Å². The van der Waals surface area contributed by atoms with E-state index < -0.39 is 30.1 Å². The van der Waals surface area contributed by atoms with Gasteiger partial charge in [-0.2, -0.15) is 0 Å². The average Bonchev–Trinajstić information content (AvgIpc) is 3.17. The highest BCUT2D eigenvalue weighted by Crippen LogP contribution is 2.37. The van der Waals surface area contributed by atoms with Crippen LogP contribution in [0.15, 0.2) is 24.5 Å². The number of carboxylic acid groups (broad SMARTS) is 1. The van der Waals surface area contributed by atoms with Crippen molar-refractivity contribution in [3.8, 4) is 5.75 Å². The van der Waals surface area contributed by atoms with Crippen molar-refractivity contribution in [2.24, 2.45) is 0 Å². The monoisotopic (exact) mass is 419 g/mol. The summed E-state index contributed by atoms with van der Waals surface area (Å²) in [5.74, 6) is -0.966. The van der Waals surface area contributed by atoms with E-state index in [1.807, 2.05) is 0 Å². The minimum atomic E-state index is -1.04. The Morgan fingerprint density at radius 2 is 2.00 bits per heavy atom. The summed E-state index contributed by atoms with van der Waals surface area (Å²) in [5.41, 5.74) is 0.956. The number of aryl methyl sites for hydroxylation is 1. The van der Waals surface area contributed by atoms with Crippen LogP contribution in [0.5, 0.6) is 5.75 Å². The van der Waals surface area contributed by atoms with Crippen molar-refractivity contribution >= 4 is 39.0 Å². The number of carbonyl (C=O) groups is 1. The maximum Gasteiger partial charge on any atom is 0.346 e. The first kappa shape index (κ1) is 19.5. The predicted octanol–water partition coefficient (Wildman–Crippen LogP) is 2.84. The van der Waals surface area contributed by atoms with E-state index in [4.69, 9.17) is 4.74 Å². The number of thiophene rings is 1. The number of fused-ring (bicyclic) bond motifs is 1. The Hall–Kier alpha value is -2.82. The van der Waals surface area contributed by atoms with Gasteiger partial charge >= 0.3 is 5.97 Å². The number of aromatic carboxylic acids is 1. The summed E-state index contributed by atoms with van der Waals surface area (Å²) in [5, 5.41) is 32.4. The van der Waals surface area contributed by atoms with E-state index in [0.29, 0.717) is 27.3 Å². The highest BCUT2D eigenvalue weighted by atomic mass is 32.1. The molecule has 1 fully saturated rings. The molecule has 29 heavy (non-hydrogen) atoms. The van der Waals surface area contributed by atoms with Gasteiger partial charge in [-0.25, -0.2) is 19.2 Å². The van der Waals surface area contributed by atoms with Crippen LogP contribution in [0.3, 0.4) is 0 Å². The van der Waals surface area contributed by atoms with Gasteiger partial charge in [0, 0.05) is 18.9 Å². The fourth-order valence-electron chi connectivity index (χ4n) is 3.42. The molecule has 0 aliphatic heterocycles. The van der Waals surface area contributed by atoms with Crippen LogP contribution in [-0.2, 0) is 0 Å². The molecule has 0 saturated heterocycles. The molecule has 8 nitrogen and oxygen atoms in total. The quantitative estimate of drug-likeness (QED) is 0.498. The van der Waals surface area contributed by atoms with Crippen LogP contribution in [0.1, 0.15) is 28.1 Å². The van der Waals surface area contributed by atoms with Crippen LogP contribution >= 0.6 is 11.3 Å². The van der Waals surface area contributed by atoms with Crippen molar-refractivity contribution in [2.75, 3.05) is 5.32 Å². The smallest absolute Gasteiger partial charge is 0.346 e. The molecule has 0 unspecified atom stereocenters. The molecule has 10 heteroatoms. The van der Waals surface area contributed by atoms with Crippen molar-refractivity contribution in [3.63, 3.8) is 0 Å². The second-order valence-corrected chi connectivity index (χ2v) is 7.87. The molecule has 0 radical (unpaired) electrons. The van der Waals surface area contributed by atoms with Gasteiger partial charge in [0.15, 0.2) is 0 Å².